The first-order valence-corrected chi connectivity index (χ1v) is 15.4. The maximum Gasteiger partial charge on any atom is 0.414 e. The highest BCUT2D eigenvalue weighted by Crippen LogP contribution is 2.48. The molecule has 2 N–H and O–H groups in total. The second-order valence-corrected chi connectivity index (χ2v) is 13.2. The van der Waals surface area contributed by atoms with Crippen LogP contribution in [0.2, 0.25) is 0 Å². The Bertz CT molecular complexity index is 1300. The summed E-state index contributed by atoms with van der Waals surface area (Å²) >= 11 is 0. The number of anilines is 2. The van der Waals surface area contributed by atoms with Gasteiger partial charge in [0.05, 0.1) is 5.69 Å². The summed E-state index contributed by atoms with van der Waals surface area (Å²) in [6, 6.07) is 6.78. The van der Waals surface area contributed by atoms with E-state index in [1.165, 1.54) is 0 Å². The smallest absolute Gasteiger partial charge is 0.414 e. The molecule has 0 unspecified atom stereocenters. The molecule has 1 aromatic heterocycles. The fourth-order valence-corrected chi connectivity index (χ4v) is 6.65. The van der Waals surface area contributed by atoms with E-state index < -0.39 is 17.7 Å². The zero-order valence-electron chi connectivity index (χ0n) is 25.6. The van der Waals surface area contributed by atoms with E-state index in [4.69, 9.17) is 9.47 Å². The Morgan fingerprint density at radius 3 is 2.50 bits per heavy atom. The van der Waals surface area contributed by atoms with Gasteiger partial charge in [0.2, 0.25) is 5.91 Å². The minimum Gasteiger partial charge on any atom is -0.443 e. The highest BCUT2D eigenvalue weighted by atomic mass is 16.6. The minimum atomic E-state index is -0.692. The summed E-state index contributed by atoms with van der Waals surface area (Å²) in [6.45, 7) is 12.1. The highest BCUT2D eigenvalue weighted by molar-refractivity contribution is 6.01. The third-order valence-corrected chi connectivity index (χ3v) is 9.00. The number of benzene rings is 1. The lowest BCUT2D eigenvalue weighted by atomic mass is 9.76. The van der Waals surface area contributed by atoms with Crippen molar-refractivity contribution in [2.45, 2.75) is 96.7 Å². The molecule has 0 bridgehead atoms. The van der Waals surface area contributed by atoms with E-state index in [9.17, 15) is 14.4 Å². The average molecular weight is 580 g/mol. The van der Waals surface area contributed by atoms with Crippen LogP contribution in [0.25, 0.3) is 0 Å². The number of fused-ring (bicyclic) bond motifs is 2. The second-order valence-electron chi connectivity index (χ2n) is 13.2. The molecule has 1 aromatic carbocycles. The van der Waals surface area contributed by atoms with Crippen LogP contribution in [0.1, 0.15) is 89.2 Å². The molecule has 0 radical (unpaired) electrons. The fourth-order valence-electron chi connectivity index (χ4n) is 6.65. The highest BCUT2D eigenvalue weighted by Gasteiger charge is 2.47. The second kappa shape index (κ2) is 12.1. The van der Waals surface area contributed by atoms with Gasteiger partial charge in [0.1, 0.15) is 17.3 Å². The summed E-state index contributed by atoms with van der Waals surface area (Å²) in [7, 11) is 0. The van der Waals surface area contributed by atoms with Crippen LogP contribution in [0.3, 0.4) is 0 Å². The lowest BCUT2D eigenvalue weighted by Crippen LogP contribution is -2.49. The number of nitrogens with zero attached hydrogens (tertiary/aromatic N) is 3. The van der Waals surface area contributed by atoms with E-state index in [0.717, 1.165) is 49.8 Å². The molecule has 1 aliphatic carbocycles. The van der Waals surface area contributed by atoms with Crippen molar-refractivity contribution >= 4 is 29.3 Å². The summed E-state index contributed by atoms with van der Waals surface area (Å²) < 4.78 is 13.1. The number of carbonyl (C=O) groups is 3. The lowest BCUT2D eigenvalue weighted by molar-refractivity contribution is -0.119. The van der Waals surface area contributed by atoms with Gasteiger partial charge >= 0.3 is 6.09 Å². The first-order chi connectivity index (χ1) is 20.0. The van der Waals surface area contributed by atoms with E-state index in [2.05, 4.69) is 22.7 Å². The third kappa shape index (κ3) is 6.33. The van der Waals surface area contributed by atoms with Crippen LogP contribution in [0.5, 0.6) is 0 Å². The first-order valence-electron chi connectivity index (χ1n) is 15.4. The van der Waals surface area contributed by atoms with Crippen molar-refractivity contribution in [3.8, 4) is 0 Å². The molecule has 1 spiro atoms. The van der Waals surface area contributed by atoms with Gasteiger partial charge in [-0.1, -0.05) is 25.8 Å². The Labute approximate surface area is 248 Å². The molecule has 3 amide bonds. The van der Waals surface area contributed by atoms with Gasteiger partial charge in [0.25, 0.3) is 5.91 Å². The van der Waals surface area contributed by atoms with Crippen molar-refractivity contribution in [3.05, 3.63) is 41.7 Å². The Morgan fingerprint density at radius 2 is 1.83 bits per heavy atom. The quantitative estimate of drug-likeness (QED) is 0.482. The van der Waals surface area contributed by atoms with Crippen LogP contribution >= 0.6 is 0 Å². The van der Waals surface area contributed by atoms with Crippen molar-refractivity contribution in [2.75, 3.05) is 30.0 Å². The molecule has 10 heteroatoms. The molecule has 3 heterocycles. The standard InChI is InChI=1S/C32H45N5O5/c1-6-37-25(13-16-33-37)28(38)35-27(22-9-7-21(2)8-10-22)29(39)34-23-11-12-24-26(19-23)36(30(40)42-31(3,4)5)20-32(24)14-17-41-18-15-32/h11-13,16,19,21-22,27H,6-10,14-15,17-18,20H2,1-5H3,(H,34,39)(H,35,38)/t21-,22-,27-/m0/s1. The number of aromatic nitrogens is 2. The molecule has 10 nitrogen and oxygen atoms in total. The normalized spacial score (nSPS) is 22.4. The molecule has 1 atom stereocenters. The number of amides is 3. The topological polar surface area (TPSA) is 115 Å². The van der Waals surface area contributed by atoms with Crippen LogP contribution < -0.4 is 15.5 Å². The number of rotatable bonds is 6. The number of aryl methyl sites for hydroxylation is 1. The van der Waals surface area contributed by atoms with Gasteiger partial charge in [0, 0.05) is 43.6 Å². The molecular weight excluding hydrogens is 534 g/mol. The van der Waals surface area contributed by atoms with Crippen molar-refractivity contribution in [1.82, 2.24) is 15.1 Å². The monoisotopic (exact) mass is 579 g/mol. The maximum absolute atomic E-state index is 13.9. The molecule has 1 saturated carbocycles. The van der Waals surface area contributed by atoms with Gasteiger partial charge in [-0.05, 0) is 89.0 Å². The predicted molar refractivity (Wildman–Crippen MR) is 161 cm³/mol. The van der Waals surface area contributed by atoms with Gasteiger partial charge in [-0.3, -0.25) is 19.2 Å². The van der Waals surface area contributed by atoms with Gasteiger partial charge in [-0.15, -0.1) is 0 Å². The molecule has 228 valence electrons. The zero-order valence-corrected chi connectivity index (χ0v) is 25.6. The van der Waals surface area contributed by atoms with Crippen LogP contribution in [-0.2, 0) is 26.2 Å². The van der Waals surface area contributed by atoms with Gasteiger partial charge < -0.3 is 20.1 Å². The number of ether oxygens (including phenoxy) is 2. The largest absolute Gasteiger partial charge is 0.443 e. The number of hydrogen-bond acceptors (Lipinski definition) is 6. The van der Waals surface area contributed by atoms with Crippen molar-refractivity contribution in [2.24, 2.45) is 11.8 Å². The molecule has 2 aliphatic heterocycles. The molecule has 42 heavy (non-hydrogen) atoms. The number of hydrogen-bond donors (Lipinski definition) is 2. The lowest BCUT2D eigenvalue weighted by Gasteiger charge is -2.34. The molecule has 1 saturated heterocycles. The maximum atomic E-state index is 13.9. The Hall–Kier alpha value is -3.40. The Kier molecular flexibility index (Phi) is 8.64. The summed E-state index contributed by atoms with van der Waals surface area (Å²) in [4.78, 5) is 42.2. The van der Waals surface area contributed by atoms with Crippen LogP contribution in [-0.4, -0.2) is 59.1 Å². The average Bonchev–Trinajstić information content (AvgIpc) is 3.55. The van der Waals surface area contributed by atoms with Crippen LogP contribution in [0, 0.1) is 11.8 Å². The van der Waals surface area contributed by atoms with Crippen molar-refractivity contribution < 1.29 is 23.9 Å². The van der Waals surface area contributed by atoms with Crippen molar-refractivity contribution in [3.63, 3.8) is 0 Å². The molecule has 2 fully saturated rings. The number of nitrogens with one attached hydrogen (secondary N) is 2. The minimum absolute atomic E-state index is 0.0290. The third-order valence-electron chi connectivity index (χ3n) is 9.00. The van der Waals surface area contributed by atoms with E-state index >= 15 is 0 Å². The van der Waals surface area contributed by atoms with E-state index in [0.29, 0.717) is 43.6 Å². The molecular formula is C32H45N5O5. The SMILES string of the molecule is CCn1nccc1C(=O)N[C@H](C(=O)Nc1ccc2c(c1)N(C(=O)OC(C)(C)C)CC21CCOCC1)[C@H]1CC[C@H](C)CC1. The van der Waals surface area contributed by atoms with Gasteiger partial charge in [-0.2, -0.15) is 5.10 Å². The van der Waals surface area contributed by atoms with E-state index in [1.807, 2.05) is 45.9 Å². The Balaban J connectivity index is 1.41. The first kappa shape index (κ1) is 30.1. The van der Waals surface area contributed by atoms with Crippen LogP contribution in [0.4, 0.5) is 16.2 Å². The molecule has 2 aromatic rings. The summed E-state index contributed by atoms with van der Waals surface area (Å²) in [5, 5.41) is 10.3. The summed E-state index contributed by atoms with van der Waals surface area (Å²) in [5.41, 5.74) is 2.01. The van der Waals surface area contributed by atoms with E-state index in [-0.39, 0.29) is 23.1 Å². The summed E-state index contributed by atoms with van der Waals surface area (Å²) in [5.74, 6) is 0.0734. The van der Waals surface area contributed by atoms with Gasteiger partial charge in [0.15, 0.2) is 0 Å². The summed E-state index contributed by atoms with van der Waals surface area (Å²) in [6.07, 6.45) is 6.61. The Morgan fingerprint density at radius 1 is 1.12 bits per heavy atom. The van der Waals surface area contributed by atoms with E-state index in [1.54, 1.807) is 21.8 Å². The van der Waals surface area contributed by atoms with Crippen molar-refractivity contribution in [1.29, 1.82) is 0 Å². The number of carbonyl (C=O) groups excluding carboxylic acids is 3. The molecule has 3 aliphatic rings. The predicted octanol–water partition coefficient (Wildman–Crippen LogP) is 5.27. The fraction of sp³-hybridized carbons (Fsp3) is 0.625. The van der Waals surface area contributed by atoms with Crippen LogP contribution in [0.15, 0.2) is 30.5 Å². The molecule has 5 rings (SSSR count). The van der Waals surface area contributed by atoms with Gasteiger partial charge in [-0.25, -0.2) is 4.79 Å². The zero-order chi connectivity index (χ0) is 30.1.